The Balaban J connectivity index is 2.72. The highest BCUT2D eigenvalue weighted by Crippen LogP contribution is 2.29. The van der Waals surface area contributed by atoms with Gasteiger partial charge in [0.25, 0.3) is 0 Å². The van der Waals surface area contributed by atoms with Gasteiger partial charge in [0.2, 0.25) is 0 Å². The van der Waals surface area contributed by atoms with Gasteiger partial charge in [-0.25, -0.2) is 9.18 Å². The lowest BCUT2D eigenvalue weighted by Crippen LogP contribution is -2.01. The van der Waals surface area contributed by atoms with Crippen LogP contribution < -0.4 is 0 Å². The standard InChI is InChI=1S/C12H9FO3/c1-16-12(15)9-5-3-7-2-4-8(13)6-10(7)11(9)14/h2-6,14H,1H3. The minimum atomic E-state index is -0.649. The normalized spacial score (nSPS) is 10.4. The molecule has 0 atom stereocenters. The van der Waals surface area contributed by atoms with Gasteiger partial charge >= 0.3 is 5.97 Å². The Morgan fingerprint density at radius 3 is 2.69 bits per heavy atom. The molecule has 82 valence electrons. The third-order valence-electron chi connectivity index (χ3n) is 2.36. The van der Waals surface area contributed by atoms with Crippen molar-refractivity contribution in [3.05, 3.63) is 41.7 Å². The Labute approximate surface area is 91.1 Å². The van der Waals surface area contributed by atoms with Crippen molar-refractivity contribution in [1.82, 2.24) is 0 Å². The molecule has 1 N–H and O–H groups in total. The maximum Gasteiger partial charge on any atom is 0.341 e. The highest BCUT2D eigenvalue weighted by atomic mass is 19.1. The number of phenolic OH excluding ortho intramolecular Hbond substituents is 1. The van der Waals surface area contributed by atoms with Gasteiger partial charge in [0.15, 0.2) is 0 Å². The fourth-order valence-corrected chi connectivity index (χ4v) is 1.55. The minimum absolute atomic E-state index is 0.0283. The Bertz CT molecular complexity index is 563. The number of hydrogen-bond acceptors (Lipinski definition) is 3. The number of carbonyl (C=O) groups is 1. The van der Waals surface area contributed by atoms with E-state index >= 15 is 0 Å². The van der Waals surface area contributed by atoms with Gasteiger partial charge in [-0.1, -0.05) is 12.1 Å². The first kappa shape index (κ1) is 10.4. The van der Waals surface area contributed by atoms with E-state index < -0.39 is 11.8 Å². The lowest BCUT2D eigenvalue weighted by atomic mass is 10.1. The van der Waals surface area contributed by atoms with Crippen LogP contribution in [0.2, 0.25) is 0 Å². The van der Waals surface area contributed by atoms with Crippen molar-refractivity contribution in [2.24, 2.45) is 0 Å². The molecule has 16 heavy (non-hydrogen) atoms. The van der Waals surface area contributed by atoms with Gasteiger partial charge in [-0.3, -0.25) is 0 Å². The van der Waals surface area contributed by atoms with Gasteiger partial charge in [0.05, 0.1) is 7.11 Å². The summed E-state index contributed by atoms with van der Waals surface area (Å²) >= 11 is 0. The first-order valence-electron chi connectivity index (χ1n) is 4.63. The summed E-state index contributed by atoms with van der Waals surface area (Å²) in [6, 6.07) is 7.07. The molecule has 0 radical (unpaired) electrons. The lowest BCUT2D eigenvalue weighted by Gasteiger charge is -2.06. The quantitative estimate of drug-likeness (QED) is 0.751. The van der Waals surface area contributed by atoms with E-state index in [2.05, 4.69) is 4.74 Å². The summed E-state index contributed by atoms with van der Waals surface area (Å²) < 4.78 is 17.5. The maximum atomic E-state index is 13.0. The van der Waals surface area contributed by atoms with Crippen molar-refractivity contribution in [3.63, 3.8) is 0 Å². The number of methoxy groups -OCH3 is 1. The highest BCUT2D eigenvalue weighted by Gasteiger charge is 2.14. The number of hydrogen-bond donors (Lipinski definition) is 1. The van der Waals surface area contributed by atoms with Gasteiger partial charge in [-0.05, 0) is 23.6 Å². The summed E-state index contributed by atoms with van der Waals surface area (Å²) in [4.78, 5) is 11.3. The fraction of sp³-hybridized carbons (Fsp3) is 0.0833. The molecular weight excluding hydrogens is 211 g/mol. The zero-order valence-electron chi connectivity index (χ0n) is 8.53. The van der Waals surface area contributed by atoms with Gasteiger partial charge in [-0.2, -0.15) is 0 Å². The fourth-order valence-electron chi connectivity index (χ4n) is 1.55. The second-order valence-electron chi connectivity index (χ2n) is 3.32. The SMILES string of the molecule is COC(=O)c1ccc2ccc(F)cc2c1O. The Morgan fingerprint density at radius 1 is 1.31 bits per heavy atom. The van der Waals surface area contributed by atoms with Gasteiger partial charge in [0.1, 0.15) is 17.1 Å². The van der Waals surface area contributed by atoms with Crippen LogP contribution in [0.1, 0.15) is 10.4 Å². The van der Waals surface area contributed by atoms with Crippen LogP contribution in [0.4, 0.5) is 4.39 Å². The van der Waals surface area contributed by atoms with Crippen LogP contribution in [0.3, 0.4) is 0 Å². The molecule has 0 aliphatic rings. The van der Waals surface area contributed by atoms with Gasteiger partial charge in [-0.15, -0.1) is 0 Å². The summed E-state index contributed by atoms with van der Waals surface area (Å²) in [6.45, 7) is 0. The summed E-state index contributed by atoms with van der Waals surface area (Å²) in [7, 11) is 1.22. The number of carbonyl (C=O) groups excluding carboxylic acids is 1. The molecule has 0 unspecified atom stereocenters. The summed E-state index contributed by atoms with van der Waals surface area (Å²) in [5.41, 5.74) is 0.0283. The van der Waals surface area contributed by atoms with E-state index in [0.717, 1.165) is 0 Å². The predicted molar refractivity (Wildman–Crippen MR) is 56.9 cm³/mol. The van der Waals surface area contributed by atoms with E-state index in [-0.39, 0.29) is 11.3 Å². The van der Waals surface area contributed by atoms with Crippen LogP contribution in [0, 0.1) is 5.82 Å². The number of esters is 1. The molecule has 2 rings (SSSR count). The number of aromatic hydroxyl groups is 1. The Hall–Kier alpha value is -2.10. The van der Waals surface area contributed by atoms with E-state index in [1.807, 2.05) is 0 Å². The Morgan fingerprint density at radius 2 is 2.00 bits per heavy atom. The molecule has 4 heteroatoms. The molecule has 0 aliphatic carbocycles. The van der Waals surface area contributed by atoms with Crippen LogP contribution in [-0.2, 0) is 4.74 Å². The lowest BCUT2D eigenvalue weighted by molar-refractivity contribution is 0.0598. The summed E-state index contributed by atoms with van der Waals surface area (Å²) in [5.74, 6) is -1.38. The van der Waals surface area contributed by atoms with Gasteiger partial charge < -0.3 is 9.84 Å². The van der Waals surface area contributed by atoms with Gasteiger partial charge in [0, 0.05) is 5.39 Å². The van der Waals surface area contributed by atoms with E-state index in [1.165, 1.54) is 31.4 Å². The number of ether oxygens (including phenoxy) is 1. The number of rotatable bonds is 1. The predicted octanol–water partition coefficient (Wildman–Crippen LogP) is 2.47. The zero-order valence-corrected chi connectivity index (χ0v) is 8.53. The van der Waals surface area contributed by atoms with E-state index in [4.69, 9.17) is 0 Å². The van der Waals surface area contributed by atoms with Crippen molar-refractivity contribution in [2.45, 2.75) is 0 Å². The van der Waals surface area contributed by atoms with E-state index in [0.29, 0.717) is 10.8 Å². The number of fused-ring (bicyclic) bond motifs is 1. The van der Waals surface area contributed by atoms with Crippen molar-refractivity contribution in [3.8, 4) is 5.75 Å². The molecule has 0 fully saturated rings. The van der Waals surface area contributed by atoms with Crippen LogP contribution in [0.25, 0.3) is 10.8 Å². The molecule has 2 aromatic rings. The first-order valence-corrected chi connectivity index (χ1v) is 4.63. The molecule has 0 aliphatic heterocycles. The molecule has 0 aromatic heterocycles. The van der Waals surface area contributed by atoms with E-state index in [9.17, 15) is 14.3 Å². The third-order valence-corrected chi connectivity index (χ3v) is 2.36. The second kappa shape index (κ2) is 3.81. The number of phenols is 1. The van der Waals surface area contributed by atoms with Crippen LogP contribution in [0.15, 0.2) is 30.3 Å². The molecule has 2 aromatic carbocycles. The zero-order chi connectivity index (χ0) is 11.7. The molecule has 0 bridgehead atoms. The Kier molecular flexibility index (Phi) is 2.48. The van der Waals surface area contributed by atoms with Crippen LogP contribution in [0.5, 0.6) is 5.75 Å². The molecular formula is C12H9FO3. The largest absolute Gasteiger partial charge is 0.506 e. The molecule has 0 saturated carbocycles. The van der Waals surface area contributed by atoms with E-state index in [1.54, 1.807) is 6.07 Å². The molecule has 0 amide bonds. The minimum Gasteiger partial charge on any atom is -0.506 e. The number of benzene rings is 2. The monoisotopic (exact) mass is 220 g/mol. The number of halogens is 1. The maximum absolute atomic E-state index is 13.0. The average Bonchev–Trinajstić information content (AvgIpc) is 2.29. The summed E-state index contributed by atoms with van der Waals surface area (Å²) in [6.07, 6.45) is 0. The van der Waals surface area contributed by atoms with Crippen molar-refractivity contribution < 1.29 is 19.0 Å². The van der Waals surface area contributed by atoms with Crippen molar-refractivity contribution in [1.29, 1.82) is 0 Å². The first-order chi connectivity index (χ1) is 7.63. The molecule has 0 saturated heterocycles. The van der Waals surface area contributed by atoms with Crippen LogP contribution in [-0.4, -0.2) is 18.2 Å². The van der Waals surface area contributed by atoms with Crippen LogP contribution >= 0.6 is 0 Å². The van der Waals surface area contributed by atoms with Crippen molar-refractivity contribution in [2.75, 3.05) is 7.11 Å². The summed E-state index contributed by atoms with van der Waals surface area (Å²) in [5, 5.41) is 10.8. The average molecular weight is 220 g/mol. The smallest absolute Gasteiger partial charge is 0.341 e. The molecule has 3 nitrogen and oxygen atoms in total. The molecule has 0 heterocycles. The highest BCUT2D eigenvalue weighted by molar-refractivity contribution is 6.01. The topological polar surface area (TPSA) is 46.5 Å². The molecule has 0 spiro atoms. The van der Waals surface area contributed by atoms with Crippen molar-refractivity contribution >= 4 is 16.7 Å². The third kappa shape index (κ3) is 1.58. The second-order valence-corrected chi connectivity index (χ2v) is 3.32.